The van der Waals surface area contributed by atoms with E-state index in [1.165, 1.54) is 0 Å². The van der Waals surface area contributed by atoms with Crippen LogP contribution in [0.15, 0.2) is 0 Å². The van der Waals surface area contributed by atoms with Gasteiger partial charge in [-0.1, -0.05) is 8.19 Å². The van der Waals surface area contributed by atoms with Crippen molar-refractivity contribution in [2.24, 2.45) is 0 Å². The predicted octanol–water partition coefficient (Wildman–Crippen LogP) is 1.12. The molecule has 1 aromatic heterocycles. The highest BCUT2D eigenvalue weighted by molar-refractivity contribution is 7.31. The highest BCUT2D eigenvalue weighted by Crippen LogP contribution is 2.11. The minimum Gasteiger partial charge on any atom is -0.151 e. The highest BCUT2D eigenvalue weighted by atomic mass is 31.0. The molecular formula is C4H7N2P. The fourth-order valence-corrected chi connectivity index (χ4v) is 1.19. The summed E-state index contributed by atoms with van der Waals surface area (Å²) in [5.41, 5.74) is 2.30. The summed E-state index contributed by atoms with van der Waals surface area (Å²) in [4.78, 5) is 0. The molecule has 38 valence electrons. The van der Waals surface area contributed by atoms with Crippen LogP contribution in [0.4, 0.5) is 0 Å². The van der Waals surface area contributed by atoms with Crippen molar-refractivity contribution in [2.75, 3.05) is 0 Å². The second kappa shape index (κ2) is 1.63. The third-order valence-corrected chi connectivity index (χ3v) is 1.64. The van der Waals surface area contributed by atoms with Crippen LogP contribution in [-0.4, -0.2) is 10.2 Å². The summed E-state index contributed by atoms with van der Waals surface area (Å²) >= 11 is 0. The minimum absolute atomic E-state index is 0.756. The van der Waals surface area contributed by atoms with Crippen molar-refractivity contribution in [3.05, 3.63) is 10.9 Å². The van der Waals surface area contributed by atoms with Crippen molar-refractivity contribution < 1.29 is 0 Å². The lowest BCUT2D eigenvalue weighted by Crippen LogP contribution is -1.68. The Kier molecular flexibility index (Phi) is 1.11. The molecule has 0 saturated heterocycles. The van der Waals surface area contributed by atoms with E-state index in [1.54, 1.807) is 0 Å². The molecule has 0 unspecified atom stereocenters. The molecule has 0 fully saturated rings. The Balaban J connectivity index is 3.04. The van der Waals surface area contributed by atoms with Crippen LogP contribution in [0.1, 0.15) is 10.9 Å². The number of hydrogen-bond acceptors (Lipinski definition) is 2. The molecule has 7 heavy (non-hydrogen) atoms. The van der Waals surface area contributed by atoms with Crippen molar-refractivity contribution in [1.29, 1.82) is 0 Å². The first kappa shape index (κ1) is 4.79. The molecule has 0 amide bonds. The van der Waals surface area contributed by atoms with Crippen LogP contribution in [-0.2, 0) is 0 Å². The lowest BCUT2D eigenvalue weighted by atomic mass is 10.9. The number of nitrogens with zero attached hydrogens (tertiary/aromatic N) is 2. The summed E-state index contributed by atoms with van der Waals surface area (Å²) in [5, 5.41) is 7.67. The van der Waals surface area contributed by atoms with E-state index in [-0.39, 0.29) is 0 Å². The van der Waals surface area contributed by atoms with Gasteiger partial charge in [-0.2, -0.15) is 10.2 Å². The number of rotatable bonds is 0. The summed E-state index contributed by atoms with van der Waals surface area (Å²) in [6.45, 7) is 4.00. The van der Waals surface area contributed by atoms with Crippen molar-refractivity contribution in [3.63, 3.8) is 0 Å². The first-order valence-corrected chi connectivity index (χ1v) is 3.15. The molecule has 1 heterocycles. The molecule has 1 rings (SSSR count). The zero-order valence-electron chi connectivity index (χ0n) is 4.39. The molecule has 0 spiro atoms. The number of aryl methyl sites for hydroxylation is 2. The number of aromatic nitrogens is 2. The third-order valence-electron chi connectivity index (χ3n) is 0.712. The van der Waals surface area contributed by atoms with E-state index >= 15 is 0 Å². The SMILES string of the molecule is Cc1nnc(C)[pH]1. The van der Waals surface area contributed by atoms with Gasteiger partial charge in [-0.3, -0.25) is 0 Å². The fraction of sp³-hybridized carbons (Fsp3) is 0.500. The van der Waals surface area contributed by atoms with Crippen molar-refractivity contribution in [2.45, 2.75) is 13.8 Å². The molecule has 0 aromatic carbocycles. The van der Waals surface area contributed by atoms with Crippen LogP contribution < -0.4 is 0 Å². The van der Waals surface area contributed by atoms with E-state index in [2.05, 4.69) is 10.2 Å². The molecule has 3 heteroatoms. The summed E-state index contributed by atoms with van der Waals surface area (Å²) in [6, 6.07) is 0. The molecule has 0 aliphatic heterocycles. The van der Waals surface area contributed by atoms with Gasteiger partial charge in [0.1, 0.15) is 0 Å². The van der Waals surface area contributed by atoms with Crippen molar-refractivity contribution in [3.8, 4) is 0 Å². The lowest BCUT2D eigenvalue weighted by Gasteiger charge is -1.66. The topological polar surface area (TPSA) is 25.8 Å². The molecule has 0 radical (unpaired) electrons. The fourth-order valence-electron chi connectivity index (χ4n) is 0.462. The van der Waals surface area contributed by atoms with Gasteiger partial charge in [0.2, 0.25) is 0 Å². The molecule has 0 N–H and O–H groups in total. The molecule has 0 atom stereocenters. The van der Waals surface area contributed by atoms with Crippen LogP contribution >= 0.6 is 8.19 Å². The zero-order valence-corrected chi connectivity index (χ0v) is 5.39. The van der Waals surface area contributed by atoms with Crippen LogP contribution in [0.2, 0.25) is 0 Å². The first-order valence-electron chi connectivity index (χ1n) is 2.15. The third kappa shape index (κ3) is 1.00. The monoisotopic (exact) mass is 114 g/mol. The van der Waals surface area contributed by atoms with E-state index in [0.29, 0.717) is 0 Å². The standard InChI is InChI=1S/C4H7N2P/c1-3-5-6-4(2)7-3/h7H,1-2H3. The Morgan fingerprint density at radius 3 is 1.71 bits per heavy atom. The largest absolute Gasteiger partial charge is 0.151 e. The average Bonchev–Trinajstić information content (AvgIpc) is 1.87. The molecule has 0 saturated carbocycles. The van der Waals surface area contributed by atoms with Crippen molar-refractivity contribution in [1.82, 2.24) is 10.2 Å². The Morgan fingerprint density at radius 1 is 1.14 bits per heavy atom. The van der Waals surface area contributed by atoms with Crippen LogP contribution in [0.5, 0.6) is 0 Å². The Bertz CT molecular complexity index is 142. The van der Waals surface area contributed by atoms with Gasteiger partial charge in [-0.25, -0.2) is 0 Å². The summed E-state index contributed by atoms with van der Waals surface area (Å²) in [5.74, 6) is 0. The molecule has 0 aliphatic rings. The van der Waals surface area contributed by atoms with Gasteiger partial charge >= 0.3 is 0 Å². The van der Waals surface area contributed by atoms with Crippen LogP contribution in [0, 0.1) is 13.8 Å². The van der Waals surface area contributed by atoms with Gasteiger partial charge < -0.3 is 0 Å². The normalized spacial score (nSPS) is 9.43. The van der Waals surface area contributed by atoms with Crippen molar-refractivity contribution >= 4 is 8.19 Å². The smallest absolute Gasteiger partial charge is 0.0775 e. The lowest BCUT2D eigenvalue weighted by molar-refractivity contribution is 1.02. The van der Waals surface area contributed by atoms with Gasteiger partial charge in [-0.15, -0.1) is 0 Å². The van der Waals surface area contributed by atoms with Crippen LogP contribution in [0.25, 0.3) is 0 Å². The zero-order chi connectivity index (χ0) is 5.28. The van der Waals surface area contributed by atoms with Gasteiger partial charge in [0.25, 0.3) is 0 Å². The summed E-state index contributed by atoms with van der Waals surface area (Å²) in [6.07, 6.45) is 0. The predicted molar refractivity (Wildman–Crippen MR) is 31.0 cm³/mol. The molecule has 0 aliphatic carbocycles. The second-order valence-corrected chi connectivity index (χ2v) is 3.19. The van der Waals surface area contributed by atoms with E-state index in [4.69, 9.17) is 0 Å². The highest BCUT2D eigenvalue weighted by Gasteiger charge is 1.86. The summed E-state index contributed by atoms with van der Waals surface area (Å²) in [7, 11) is 0.756. The van der Waals surface area contributed by atoms with E-state index in [0.717, 1.165) is 19.0 Å². The first-order chi connectivity index (χ1) is 3.29. The molecule has 1 aromatic rings. The Labute approximate surface area is 44.1 Å². The molecular weight excluding hydrogens is 107 g/mol. The maximum Gasteiger partial charge on any atom is 0.0775 e. The van der Waals surface area contributed by atoms with Gasteiger partial charge in [-0.05, 0) is 13.8 Å². The van der Waals surface area contributed by atoms with E-state index in [9.17, 15) is 0 Å². The van der Waals surface area contributed by atoms with Gasteiger partial charge in [0.05, 0.1) is 10.9 Å². The minimum atomic E-state index is 0.756. The average molecular weight is 114 g/mol. The Morgan fingerprint density at radius 2 is 1.57 bits per heavy atom. The van der Waals surface area contributed by atoms with E-state index in [1.807, 2.05) is 13.8 Å². The maximum atomic E-state index is 3.83. The van der Waals surface area contributed by atoms with Gasteiger partial charge in [0, 0.05) is 0 Å². The quantitative estimate of drug-likeness (QED) is 0.505. The van der Waals surface area contributed by atoms with Gasteiger partial charge in [0.15, 0.2) is 0 Å². The van der Waals surface area contributed by atoms with Crippen LogP contribution in [0.3, 0.4) is 0 Å². The maximum absolute atomic E-state index is 3.83. The molecule has 2 nitrogen and oxygen atoms in total. The Hall–Kier alpha value is -0.360. The van der Waals surface area contributed by atoms with E-state index < -0.39 is 0 Å². The summed E-state index contributed by atoms with van der Waals surface area (Å²) < 4.78 is 0. The second-order valence-electron chi connectivity index (χ2n) is 1.50. The molecule has 0 bridgehead atoms. The number of hydrogen-bond donors (Lipinski definition) is 0.